The van der Waals surface area contributed by atoms with Crippen molar-refractivity contribution in [3.8, 4) is 0 Å². The molecule has 0 radical (unpaired) electrons. The smallest absolute Gasteiger partial charge is 0.306 e. The Hall–Kier alpha value is -1.85. The number of hydrogen-bond donors (Lipinski definition) is 0. The van der Waals surface area contributed by atoms with Crippen LogP contribution in [-0.4, -0.2) is 37.2 Å². The van der Waals surface area contributed by atoms with Crippen molar-refractivity contribution in [2.45, 2.75) is 264 Å². The lowest BCUT2D eigenvalue weighted by atomic mass is 10.0. The zero-order valence-electron chi connectivity index (χ0n) is 36.3. The summed E-state index contributed by atoms with van der Waals surface area (Å²) in [6.07, 6.45) is 46.3. The van der Waals surface area contributed by atoms with Crippen LogP contribution in [0.15, 0.2) is 12.2 Å². The van der Waals surface area contributed by atoms with Crippen molar-refractivity contribution in [3.05, 3.63) is 12.2 Å². The SMILES string of the molecule is CCCCCCCC/C=C\CCCCCCCC(=O)OCC(COC(=O)CCCCCCCCC)OC(=O)CCCCCCCCCCCCCCCC. The summed E-state index contributed by atoms with van der Waals surface area (Å²) in [6.45, 7) is 6.60. The molecule has 1 atom stereocenters. The highest BCUT2D eigenvalue weighted by Crippen LogP contribution is 2.15. The number of ether oxygens (including phenoxy) is 3. The van der Waals surface area contributed by atoms with Crippen LogP contribution in [0, 0.1) is 0 Å². The molecule has 318 valence electrons. The van der Waals surface area contributed by atoms with Crippen LogP contribution in [0.2, 0.25) is 0 Å². The van der Waals surface area contributed by atoms with Crippen LogP contribution in [-0.2, 0) is 28.6 Å². The summed E-state index contributed by atoms with van der Waals surface area (Å²) in [4.78, 5) is 37.6. The van der Waals surface area contributed by atoms with Crippen LogP contribution in [0.5, 0.6) is 0 Å². The fourth-order valence-electron chi connectivity index (χ4n) is 6.91. The molecule has 0 aliphatic carbocycles. The van der Waals surface area contributed by atoms with Gasteiger partial charge in [-0.25, -0.2) is 0 Å². The van der Waals surface area contributed by atoms with Gasteiger partial charge in [0.2, 0.25) is 0 Å². The van der Waals surface area contributed by atoms with E-state index in [-0.39, 0.29) is 31.1 Å². The topological polar surface area (TPSA) is 78.9 Å². The van der Waals surface area contributed by atoms with E-state index < -0.39 is 6.10 Å². The van der Waals surface area contributed by atoms with Gasteiger partial charge in [-0.2, -0.15) is 0 Å². The zero-order valence-corrected chi connectivity index (χ0v) is 36.3. The molecule has 6 heteroatoms. The third-order valence-corrected chi connectivity index (χ3v) is 10.5. The molecule has 0 aliphatic rings. The van der Waals surface area contributed by atoms with E-state index >= 15 is 0 Å². The lowest BCUT2D eigenvalue weighted by molar-refractivity contribution is -0.167. The molecule has 0 aromatic carbocycles. The molecular weight excluding hydrogens is 673 g/mol. The van der Waals surface area contributed by atoms with E-state index in [2.05, 4.69) is 32.9 Å². The molecule has 0 rings (SSSR count). The van der Waals surface area contributed by atoms with Crippen LogP contribution in [0.3, 0.4) is 0 Å². The Morgan fingerprint density at radius 2 is 0.611 bits per heavy atom. The van der Waals surface area contributed by atoms with Crippen molar-refractivity contribution in [3.63, 3.8) is 0 Å². The summed E-state index contributed by atoms with van der Waals surface area (Å²) in [5.74, 6) is -0.873. The highest BCUT2D eigenvalue weighted by atomic mass is 16.6. The first kappa shape index (κ1) is 52.2. The second-order valence-electron chi connectivity index (χ2n) is 16.0. The number of rotatable bonds is 43. The van der Waals surface area contributed by atoms with Gasteiger partial charge < -0.3 is 14.2 Å². The summed E-state index contributed by atoms with van der Waals surface area (Å²) < 4.78 is 16.7. The molecule has 0 heterocycles. The molecule has 0 aromatic rings. The molecule has 0 saturated heterocycles. The van der Waals surface area contributed by atoms with E-state index in [1.807, 2.05) is 0 Å². The second-order valence-corrected chi connectivity index (χ2v) is 16.0. The van der Waals surface area contributed by atoms with Gasteiger partial charge in [-0.1, -0.05) is 206 Å². The lowest BCUT2D eigenvalue weighted by Gasteiger charge is -2.18. The molecule has 0 bridgehead atoms. The first-order valence-corrected chi connectivity index (χ1v) is 23.7. The highest BCUT2D eigenvalue weighted by Gasteiger charge is 2.19. The number of unbranched alkanes of at least 4 members (excludes halogenated alkanes) is 30. The molecule has 54 heavy (non-hydrogen) atoms. The third kappa shape index (κ3) is 41.3. The summed E-state index contributed by atoms with van der Waals surface area (Å²) in [5, 5.41) is 0. The van der Waals surface area contributed by atoms with Gasteiger partial charge in [-0.05, 0) is 44.9 Å². The molecule has 0 saturated carbocycles. The van der Waals surface area contributed by atoms with Gasteiger partial charge in [-0.3, -0.25) is 14.4 Å². The Balaban J connectivity index is 4.27. The Morgan fingerprint density at radius 1 is 0.352 bits per heavy atom. The minimum absolute atomic E-state index is 0.0690. The predicted octanol–water partition coefficient (Wildman–Crippen LogP) is 15.0. The van der Waals surface area contributed by atoms with E-state index in [9.17, 15) is 14.4 Å². The summed E-state index contributed by atoms with van der Waals surface area (Å²) in [5.41, 5.74) is 0. The van der Waals surface area contributed by atoms with E-state index in [4.69, 9.17) is 14.2 Å². The standard InChI is InChI=1S/C48H90O6/c1-4-7-10-13-16-18-20-22-24-26-27-29-32-35-38-41-47(50)53-44-45(43-52-46(49)40-37-34-31-15-12-9-6-3)54-48(51)42-39-36-33-30-28-25-23-21-19-17-14-11-8-5-2/h22,24,45H,4-21,23,25-44H2,1-3H3/b24-22-. The number of hydrogen-bond acceptors (Lipinski definition) is 6. The zero-order chi connectivity index (χ0) is 39.4. The van der Waals surface area contributed by atoms with Crippen LogP contribution < -0.4 is 0 Å². The van der Waals surface area contributed by atoms with Crippen LogP contribution in [0.4, 0.5) is 0 Å². The Kier molecular flexibility index (Phi) is 42.4. The second kappa shape index (κ2) is 43.9. The molecule has 0 fully saturated rings. The Bertz CT molecular complexity index is 839. The van der Waals surface area contributed by atoms with E-state index in [1.165, 1.54) is 154 Å². The van der Waals surface area contributed by atoms with Crippen molar-refractivity contribution < 1.29 is 28.6 Å². The molecule has 0 amide bonds. The van der Waals surface area contributed by atoms with Crippen molar-refractivity contribution in [2.24, 2.45) is 0 Å². The Labute approximate surface area is 335 Å². The van der Waals surface area contributed by atoms with Gasteiger partial charge in [0.05, 0.1) is 0 Å². The maximum atomic E-state index is 12.7. The first-order valence-electron chi connectivity index (χ1n) is 23.7. The molecular formula is C48H90O6. The number of carbonyl (C=O) groups excluding carboxylic acids is 3. The molecule has 1 unspecified atom stereocenters. The molecule has 0 aliphatic heterocycles. The molecule has 0 spiro atoms. The van der Waals surface area contributed by atoms with Gasteiger partial charge in [0.25, 0.3) is 0 Å². The van der Waals surface area contributed by atoms with Crippen molar-refractivity contribution in [2.75, 3.05) is 13.2 Å². The molecule has 0 aromatic heterocycles. The first-order chi connectivity index (χ1) is 26.5. The van der Waals surface area contributed by atoms with Gasteiger partial charge in [0, 0.05) is 19.3 Å². The number of esters is 3. The summed E-state index contributed by atoms with van der Waals surface area (Å²) >= 11 is 0. The van der Waals surface area contributed by atoms with E-state index in [0.29, 0.717) is 19.3 Å². The summed E-state index contributed by atoms with van der Waals surface area (Å²) in [6, 6.07) is 0. The minimum atomic E-state index is -0.764. The van der Waals surface area contributed by atoms with Crippen molar-refractivity contribution >= 4 is 17.9 Å². The number of allylic oxidation sites excluding steroid dienone is 2. The average Bonchev–Trinajstić information content (AvgIpc) is 3.17. The van der Waals surface area contributed by atoms with Crippen LogP contribution in [0.1, 0.15) is 258 Å². The lowest BCUT2D eigenvalue weighted by Crippen LogP contribution is -2.30. The average molecular weight is 763 g/mol. The van der Waals surface area contributed by atoms with Gasteiger partial charge in [0.1, 0.15) is 13.2 Å². The fraction of sp³-hybridized carbons (Fsp3) is 0.896. The van der Waals surface area contributed by atoms with Crippen LogP contribution >= 0.6 is 0 Å². The minimum Gasteiger partial charge on any atom is -0.462 e. The quantitative estimate of drug-likeness (QED) is 0.0266. The maximum Gasteiger partial charge on any atom is 0.306 e. The van der Waals surface area contributed by atoms with Gasteiger partial charge in [0.15, 0.2) is 6.10 Å². The highest BCUT2D eigenvalue weighted by molar-refractivity contribution is 5.71. The maximum absolute atomic E-state index is 12.7. The van der Waals surface area contributed by atoms with Gasteiger partial charge in [-0.15, -0.1) is 0 Å². The largest absolute Gasteiger partial charge is 0.462 e. The van der Waals surface area contributed by atoms with Gasteiger partial charge >= 0.3 is 17.9 Å². The van der Waals surface area contributed by atoms with Crippen molar-refractivity contribution in [1.82, 2.24) is 0 Å². The monoisotopic (exact) mass is 763 g/mol. The number of carbonyl (C=O) groups is 3. The van der Waals surface area contributed by atoms with Crippen molar-refractivity contribution in [1.29, 1.82) is 0 Å². The normalized spacial score (nSPS) is 12.0. The van der Waals surface area contributed by atoms with E-state index in [1.54, 1.807) is 0 Å². The fourth-order valence-corrected chi connectivity index (χ4v) is 6.91. The van der Waals surface area contributed by atoms with E-state index in [0.717, 1.165) is 64.2 Å². The Morgan fingerprint density at radius 3 is 0.926 bits per heavy atom. The molecule has 6 nitrogen and oxygen atoms in total. The molecule has 0 N–H and O–H groups in total. The van der Waals surface area contributed by atoms with Crippen LogP contribution in [0.25, 0.3) is 0 Å². The summed E-state index contributed by atoms with van der Waals surface area (Å²) in [7, 11) is 0. The third-order valence-electron chi connectivity index (χ3n) is 10.5. The predicted molar refractivity (Wildman–Crippen MR) is 229 cm³/mol.